The number of ether oxygens (including phenoxy) is 1. The van der Waals surface area contributed by atoms with Crippen molar-refractivity contribution in [1.29, 1.82) is 0 Å². The van der Waals surface area contributed by atoms with Gasteiger partial charge < -0.3 is 4.74 Å². The van der Waals surface area contributed by atoms with E-state index in [9.17, 15) is 4.79 Å². The molecule has 1 saturated heterocycles. The summed E-state index contributed by atoms with van der Waals surface area (Å²) in [6, 6.07) is 5.28. The van der Waals surface area contributed by atoms with E-state index in [0.29, 0.717) is 22.2 Å². The van der Waals surface area contributed by atoms with Crippen molar-refractivity contribution in [3.63, 3.8) is 0 Å². The molecule has 1 heterocycles. The summed E-state index contributed by atoms with van der Waals surface area (Å²) in [5.41, 5.74) is 0.0158. The van der Waals surface area contributed by atoms with Crippen molar-refractivity contribution in [2.45, 2.75) is 38.2 Å². The lowest BCUT2D eigenvalue weighted by atomic mass is 9.88. The van der Waals surface area contributed by atoms with Crippen molar-refractivity contribution in [2.75, 3.05) is 6.61 Å². The Morgan fingerprint density at radius 2 is 2.00 bits per heavy atom. The van der Waals surface area contributed by atoms with Crippen LogP contribution in [-0.2, 0) is 16.0 Å². The number of halogens is 2. The van der Waals surface area contributed by atoms with Crippen molar-refractivity contribution in [1.82, 2.24) is 0 Å². The molecular weight excluding hydrogens is 271 g/mol. The summed E-state index contributed by atoms with van der Waals surface area (Å²) >= 11 is 12.2. The van der Waals surface area contributed by atoms with Crippen LogP contribution in [-0.4, -0.2) is 18.0 Å². The first-order chi connectivity index (χ1) is 8.53. The predicted molar refractivity (Wildman–Crippen MR) is 73.4 cm³/mol. The molecule has 0 amide bonds. The lowest BCUT2D eigenvalue weighted by Gasteiger charge is -2.32. The van der Waals surface area contributed by atoms with Gasteiger partial charge in [0.05, 0.1) is 0 Å². The summed E-state index contributed by atoms with van der Waals surface area (Å²) in [4.78, 5) is 12.4. The highest BCUT2D eigenvalue weighted by Crippen LogP contribution is 2.30. The fraction of sp³-hybridized carbons (Fsp3) is 0.500. The lowest BCUT2D eigenvalue weighted by molar-refractivity contribution is -0.147. The number of hydrogen-bond donors (Lipinski definition) is 0. The van der Waals surface area contributed by atoms with Gasteiger partial charge in [0.15, 0.2) is 5.78 Å². The standard InChI is InChI=1S/C14H16Cl2O2/c1-14(7-2-3-8-18-14)13(17)9-10-11(15)5-4-6-12(10)16/h4-6H,2-3,7-9H2,1H3. The zero-order valence-corrected chi connectivity index (χ0v) is 11.9. The molecular formula is C14H16Cl2O2. The van der Waals surface area contributed by atoms with Crippen molar-refractivity contribution in [2.24, 2.45) is 0 Å². The van der Waals surface area contributed by atoms with Crippen LogP contribution in [0.1, 0.15) is 31.7 Å². The monoisotopic (exact) mass is 286 g/mol. The van der Waals surface area contributed by atoms with Crippen molar-refractivity contribution < 1.29 is 9.53 Å². The van der Waals surface area contributed by atoms with E-state index in [0.717, 1.165) is 19.3 Å². The quantitative estimate of drug-likeness (QED) is 0.837. The third-order valence-corrected chi connectivity index (χ3v) is 4.17. The molecule has 0 spiro atoms. The minimum absolute atomic E-state index is 0.0530. The largest absolute Gasteiger partial charge is 0.367 e. The molecule has 1 aliphatic rings. The Morgan fingerprint density at radius 3 is 2.56 bits per heavy atom. The molecule has 0 N–H and O–H groups in total. The second-order valence-corrected chi connectivity index (χ2v) is 5.65. The Balaban J connectivity index is 2.16. The molecule has 0 radical (unpaired) electrons. The Hall–Kier alpha value is -0.570. The Bertz CT molecular complexity index is 431. The Labute approximate surface area is 117 Å². The molecule has 2 rings (SSSR count). The van der Waals surface area contributed by atoms with Crippen LogP contribution in [0.15, 0.2) is 18.2 Å². The fourth-order valence-corrected chi connectivity index (χ4v) is 2.73. The number of carbonyl (C=O) groups excluding carboxylic acids is 1. The summed E-state index contributed by atoms with van der Waals surface area (Å²) in [7, 11) is 0. The maximum absolute atomic E-state index is 12.4. The number of carbonyl (C=O) groups is 1. The minimum atomic E-state index is -0.680. The summed E-state index contributed by atoms with van der Waals surface area (Å²) in [5.74, 6) is 0.0530. The van der Waals surface area contributed by atoms with Crippen molar-refractivity contribution >= 4 is 29.0 Å². The molecule has 1 unspecified atom stereocenters. The Kier molecular flexibility index (Phi) is 4.31. The van der Waals surface area contributed by atoms with Crippen molar-refractivity contribution in [3.8, 4) is 0 Å². The topological polar surface area (TPSA) is 26.3 Å². The van der Waals surface area contributed by atoms with E-state index in [-0.39, 0.29) is 12.2 Å². The van der Waals surface area contributed by atoms with Gasteiger partial charge in [-0.1, -0.05) is 29.3 Å². The number of hydrogen-bond acceptors (Lipinski definition) is 2. The SMILES string of the molecule is CC1(C(=O)Cc2c(Cl)cccc2Cl)CCCCO1. The zero-order valence-electron chi connectivity index (χ0n) is 10.3. The van der Waals surface area contributed by atoms with Crippen LogP contribution in [0.25, 0.3) is 0 Å². The average molecular weight is 287 g/mol. The third kappa shape index (κ3) is 2.87. The molecule has 98 valence electrons. The highest BCUT2D eigenvalue weighted by Gasteiger charge is 2.35. The van der Waals surface area contributed by atoms with E-state index in [1.165, 1.54) is 0 Å². The molecule has 1 aromatic carbocycles. The van der Waals surface area contributed by atoms with E-state index >= 15 is 0 Å². The molecule has 4 heteroatoms. The summed E-state index contributed by atoms with van der Waals surface area (Å²) in [5, 5.41) is 1.07. The van der Waals surface area contributed by atoms with Crippen LogP contribution in [0.2, 0.25) is 10.0 Å². The molecule has 0 bridgehead atoms. The predicted octanol–water partition coefficient (Wildman–Crippen LogP) is 4.06. The maximum Gasteiger partial charge on any atom is 0.168 e. The van der Waals surface area contributed by atoms with Gasteiger partial charge in [0.1, 0.15) is 5.60 Å². The molecule has 2 nitrogen and oxygen atoms in total. The molecule has 1 aliphatic heterocycles. The highest BCUT2D eigenvalue weighted by atomic mass is 35.5. The van der Waals surface area contributed by atoms with Crippen LogP contribution in [0.4, 0.5) is 0 Å². The Morgan fingerprint density at radius 1 is 1.33 bits per heavy atom. The summed E-state index contributed by atoms with van der Waals surface area (Å²) in [6.07, 6.45) is 3.05. The van der Waals surface area contributed by atoms with Gasteiger partial charge in [-0.05, 0) is 43.9 Å². The van der Waals surface area contributed by atoms with Crippen LogP contribution in [0.3, 0.4) is 0 Å². The normalized spacial score (nSPS) is 23.9. The van der Waals surface area contributed by atoms with E-state index in [4.69, 9.17) is 27.9 Å². The van der Waals surface area contributed by atoms with Gasteiger partial charge in [0.25, 0.3) is 0 Å². The fourth-order valence-electron chi connectivity index (χ4n) is 2.20. The van der Waals surface area contributed by atoms with Gasteiger partial charge in [-0.25, -0.2) is 0 Å². The first-order valence-electron chi connectivity index (χ1n) is 6.13. The van der Waals surface area contributed by atoms with Gasteiger partial charge in [0, 0.05) is 23.1 Å². The van der Waals surface area contributed by atoms with E-state index in [2.05, 4.69) is 0 Å². The average Bonchev–Trinajstić information content (AvgIpc) is 2.34. The smallest absolute Gasteiger partial charge is 0.168 e. The number of Topliss-reactive ketones (excluding diaryl/α,β-unsaturated/α-hetero) is 1. The van der Waals surface area contributed by atoms with Crippen LogP contribution in [0, 0.1) is 0 Å². The van der Waals surface area contributed by atoms with Crippen molar-refractivity contribution in [3.05, 3.63) is 33.8 Å². The van der Waals surface area contributed by atoms with Crippen LogP contribution >= 0.6 is 23.2 Å². The summed E-state index contributed by atoms with van der Waals surface area (Å²) < 4.78 is 5.64. The van der Waals surface area contributed by atoms with Gasteiger partial charge in [-0.2, -0.15) is 0 Å². The van der Waals surface area contributed by atoms with E-state index < -0.39 is 5.60 Å². The van der Waals surface area contributed by atoms with E-state index in [1.54, 1.807) is 18.2 Å². The second kappa shape index (κ2) is 5.60. The molecule has 1 atom stereocenters. The zero-order chi connectivity index (χ0) is 13.2. The molecule has 1 aromatic rings. The highest BCUT2D eigenvalue weighted by molar-refractivity contribution is 6.36. The molecule has 1 fully saturated rings. The van der Waals surface area contributed by atoms with Crippen LogP contribution < -0.4 is 0 Å². The summed E-state index contributed by atoms with van der Waals surface area (Å²) in [6.45, 7) is 2.51. The molecule has 18 heavy (non-hydrogen) atoms. The maximum atomic E-state index is 12.4. The number of ketones is 1. The minimum Gasteiger partial charge on any atom is -0.367 e. The number of benzene rings is 1. The molecule has 0 saturated carbocycles. The molecule has 0 aromatic heterocycles. The van der Waals surface area contributed by atoms with Gasteiger partial charge in [-0.15, -0.1) is 0 Å². The van der Waals surface area contributed by atoms with Gasteiger partial charge in [-0.3, -0.25) is 4.79 Å². The van der Waals surface area contributed by atoms with E-state index in [1.807, 2.05) is 6.92 Å². The van der Waals surface area contributed by atoms with Crippen LogP contribution in [0.5, 0.6) is 0 Å². The molecule has 0 aliphatic carbocycles. The second-order valence-electron chi connectivity index (χ2n) is 4.84. The lowest BCUT2D eigenvalue weighted by Crippen LogP contribution is -2.42. The third-order valence-electron chi connectivity index (χ3n) is 3.46. The number of rotatable bonds is 3. The first-order valence-corrected chi connectivity index (χ1v) is 6.89. The van der Waals surface area contributed by atoms with Gasteiger partial charge >= 0.3 is 0 Å². The first kappa shape index (κ1) is 13.9. The van der Waals surface area contributed by atoms with Gasteiger partial charge in [0.2, 0.25) is 0 Å².